The number of rotatable bonds is 8. The molecule has 148 valence electrons. The Morgan fingerprint density at radius 3 is 2.39 bits per heavy atom. The van der Waals surface area contributed by atoms with Crippen molar-refractivity contribution in [3.8, 4) is 17.1 Å². The van der Waals surface area contributed by atoms with Crippen LogP contribution in [-0.2, 0) is 11.3 Å². The van der Waals surface area contributed by atoms with Gasteiger partial charge in [0.1, 0.15) is 18.1 Å². The number of aromatic nitrogens is 2. The Morgan fingerprint density at radius 2 is 1.79 bits per heavy atom. The summed E-state index contributed by atoms with van der Waals surface area (Å²) in [5.41, 5.74) is 2.73. The number of fused-ring (bicyclic) bond motifs is 1. The predicted molar refractivity (Wildman–Crippen MR) is 117 cm³/mol. The number of carbonyl (C=O) groups excluding carboxylic acids is 1. The minimum atomic E-state index is 0.115. The van der Waals surface area contributed by atoms with E-state index in [1.165, 1.54) is 0 Å². The van der Waals surface area contributed by atoms with Crippen LogP contribution in [0.2, 0.25) is 0 Å². The van der Waals surface area contributed by atoms with Crippen molar-refractivity contribution in [1.29, 1.82) is 0 Å². The molecule has 0 bridgehead atoms. The van der Waals surface area contributed by atoms with Crippen LogP contribution in [-0.4, -0.2) is 40.6 Å². The molecule has 1 aromatic heterocycles. The lowest BCUT2D eigenvalue weighted by atomic mass is 10.2. The topological polar surface area (TPSA) is 47.4 Å². The molecule has 1 amide bonds. The minimum Gasteiger partial charge on any atom is -0.497 e. The molecular formula is C22H26BrN3O2. The molecule has 0 atom stereocenters. The first-order valence-electron chi connectivity index (χ1n) is 9.65. The highest BCUT2D eigenvalue weighted by molar-refractivity contribution is 9.10. The van der Waals surface area contributed by atoms with Gasteiger partial charge in [-0.2, -0.15) is 0 Å². The molecule has 1 heterocycles. The van der Waals surface area contributed by atoms with Crippen molar-refractivity contribution in [3.63, 3.8) is 0 Å². The molecule has 0 fully saturated rings. The van der Waals surface area contributed by atoms with Gasteiger partial charge >= 0.3 is 0 Å². The first-order chi connectivity index (χ1) is 13.6. The fourth-order valence-electron chi connectivity index (χ4n) is 3.35. The van der Waals surface area contributed by atoms with Gasteiger partial charge in [0, 0.05) is 29.2 Å². The molecule has 2 aromatic carbocycles. The van der Waals surface area contributed by atoms with Gasteiger partial charge in [-0.1, -0.05) is 41.9 Å². The van der Waals surface area contributed by atoms with Gasteiger partial charge in [0.2, 0.25) is 5.91 Å². The second-order valence-corrected chi connectivity index (χ2v) is 7.68. The van der Waals surface area contributed by atoms with Gasteiger partial charge in [0.05, 0.1) is 18.1 Å². The largest absolute Gasteiger partial charge is 0.497 e. The molecule has 0 saturated heterocycles. The number of ether oxygens (including phenoxy) is 1. The zero-order valence-electron chi connectivity index (χ0n) is 16.6. The molecule has 0 N–H and O–H groups in total. The van der Waals surface area contributed by atoms with E-state index in [1.807, 2.05) is 51.9 Å². The summed E-state index contributed by atoms with van der Waals surface area (Å²) in [5.74, 6) is 1.66. The molecule has 0 unspecified atom stereocenters. The predicted octanol–water partition coefficient (Wildman–Crippen LogP) is 5.12. The first-order valence-corrected chi connectivity index (χ1v) is 10.4. The van der Waals surface area contributed by atoms with Gasteiger partial charge in [0.25, 0.3) is 0 Å². The number of amides is 1. The molecule has 0 aliphatic carbocycles. The van der Waals surface area contributed by atoms with E-state index < -0.39 is 0 Å². The van der Waals surface area contributed by atoms with Crippen LogP contribution >= 0.6 is 15.9 Å². The summed E-state index contributed by atoms with van der Waals surface area (Å²) >= 11 is 3.48. The maximum absolute atomic E-state index is 13.1. The molecule has 0 aliphatic rings. The number of hydrogen-bond donors (Lipinski definition) is 0. The zero-order chi connectivity index (χ0) is 20.1. The summed E-state index contributed by atoms with van der Waals surface area (Å²) in [6, 6.07) is 13.8. The third-order valence-corrected chi connectivity index (χ3v) is 5.22. The molecule has 3 rings (SSSR count). The van der Waals surface area contributed by atoms with E-state index in [4.69, 9.17) is 9.72 Å². The molecule has 0 aliphatic heterocycles. The third kappa shape index (κ3) is 4.38. The Bertz CT molecular complexity index is 944. The monoisotopic (exact) mass is 443 g/mol. The lowest BCUT2D eigenvalue weighted by molar-refractivity contribution is -0.131. The number of halogens is 1. The standard InChI is InChI=1S/C22H26BrN3O2/c1-4-12-25(13-5-2)21(27)15-26-20-14-18(28-3)10-11-19(20)24-22(26)16-6-8-17(23)9-7-16/h6-11,14H,4-5,12-13,15H2,1-3H3. The number of imidazole rings is 1. The SMILES string of the molecule is CCCN(CCC)C(=O)Cn1c(-c2ccc(Br)cc2)nc2ccc(OC)cc21. The van der Waals surface area contributed by atoms with Crippen molar-refractivity contribution in [2.45, 2.75) is 33.2 Å². The molecule has 0 radical (unpaired) electrons. The van der Waals surface area contributed by atoms with Crippen molar-refractivity contribution in [2.75, 3.05) is 20.2 Å². The highest BCUT2D eigenvalue weighted by Gasteiger charge is 2.19. The van der Waals surface area contributed by atoms with Crippen LogP contribution in [0.4, 0.5) is 0 Å². The Morgan fingerprint density at radius 1 is 1.11 bits per heavy atom. The molecule has 3 aromatic rings. The van der Waals surface area contributed by atoms with Crippen molar-refractivity contribution in [3.05, 3.63) is 46.9 Å². The number of hydrogen-bond acceptors (Lipinski definition) is 3. The highest BCUT2D eigenvalue weighted by atomic mass is 79.9. The fourth-order valence-corrected chi connectivity index (χ4v) is 3.61. The second-order valence-electron chi connectivity index (χ2n) is 6.76. The summed E-state index contributed by atoms with van der Waals surface area (Å²) in [6.07, 6.45) is 1.90. The summed E-state index contributed by atoms with van der Waals surface area (Å²) in [4.78, 5) is 19.8. The van der Waals surface area contributed by atoms with Crippen LogP contribution in [0.3, 0.4) is 0 Å². The van der Waals surface area contributed by atoms with Gasteiger partial charge < -0.3 is 14.2 Å². The zero-order valence-corrected chi connectivity index (χ0v) is 18.2. The van der Waals surface area contributed by atoms with E-state index in [0.717, 1.165) is 58.6 Å². The van der Waals surface area contributed by atoms with E-state index in [1.54, 1.807) is 7.11 Å². The summed E-state index contributed by atoms with van der Waals surface area (Å²) in [6.45, 7) is 6.00. The lowest BCUT2D eigenvalue weighted by Gasteiger charge is -2.22. The van der Waals surface area contributed by atoms with E-state index >= 15 is 0 Å². The van der Waals surface area contributed by atoms with Crippen molar-refractivity contribution in [2.24, 2.45) is 0 Å². The average molecular weight is 444 g/mol. The first kappa shape index (κ1) is 20.4. The van der Waals surface area contributed by atoms with Crippen molar-refractivity contribution < 1.29 is 9.53 Å². The van der Waals surface area contributed by atoms with Gasteiger partial charge in [-0.25, -0.2) is 4.98 Å². The second kappa shape index (κ2) is 9.24. The van der Waals surface area contributed by atoms with Crippen LogP contribution in [0.1, 0.15) is 26.7 Å². The number of methoxy groups -OCH3 is 1. The van der Waals surface area contributed by atoms with Gasteiger partial charge in [-0.3, -0.25) is 4.79 Å². The van der Waals surface area contributed by atoms with E-state index in [2.05, 4.69) is 29.8 Å². The summed E-state index contributed by atoms with van der Waals surface area (Å²) in [7, 11) is 1.65. The third-order valence-electron chi connectivity index (χ3n) is 4.69. The van der Waals surface area contributed by atoms with Crippen molar-refractivity contribution in [1.82, 2.24) is 14.5 Å². The average Bonchev–Trinajstić information content (AvgIpc) is 3.05. The van der Waals surface area contributed by atoms with Crippen molar-refractivity contribution >= 4 is 32.9 Å². The number of benzene rings is 2. The maximum atomic E-state index is 13.1. The molecule has 0 saturated carbocycles. The Kier molecular flexibility index (Phi) is 6.73. The van der Waals surface area contributed by atoms with E-state index in [-0.39, 0.29) is 12.5 Å². The molecule has 28 heavy (non-hydrogen) atoms. The number of carbonyl (C=O) groups is 1. The fraction of sp³-hybridized carbons (Fsp3) is 0.364. The van der Waals surface area contributed by atoms with Crippen LogP contribution in [0.25, 0.3) is 22.4 Å². The maximum Gasteiger partial charge on any atom is 0.242 e. The summed E-state index contributed by atoms with van der Waals surface area (Å²) < 4.78 is 8.40. The van der Waals surface area contributed by atoms with Gasteiger partial charge in [0.15, 0.2) is 0 Å². The molecule has 6 heteroatoms. The number of nitrogens with zero attached hydrogens (tertiary/aromatic N) is 3. The van der Waals surface area contributed by atoms with Crippen LogP contribution in [0.15, 0.2) is 46.9 Å². The van der Waals surface area contributed by atoms with Gasteiger partial charge in [-0.15, -0.1) is 0 Å². The van der Waals surface area contributed by atoms with E-state index in [9.17, 15) is 4.79 Å². The Labute approximate surface area is 174 Å². The quantitative estimate of drug-likeness (QED) is 0.485. The Hall–Kier alpha value is -2.34. The molecule has 0 spiro atoms. The highest BCUT2D eigenvalue weighted by Crippen LogP contribution is 2.28. The van der Waals surface area contributed by atoms with E-state index in [0.29, 0.717) is 0 Å². The normalized spacial score (nSPS) is 11.0. The molecule has 5 nitrogen and oxygen atoms in total. The lowest BCUT2D eigenvalue weighted by Crippen LogP contribution is -2.35. The minimum absolute atomic E-state index is 0.115. The smallest absolute Gasteiger partial charge is 0.242 e. The Balaban J connectivity index is 2.07. The van der Waals surface area contributed by atoms with Crippen LogP contribution in [0.5, 0.6) is 5.75 Å². The van der Waals surface area contributed by atoms with Crippen LogP contribution < -0.4 is 4.74 Å². The molecular weight excluding hydrogens is 418 g/mol. The van der Waals surface area contributed by atoms with Gasteiger partial charge in [-0.05, 0) is 37.1 Å². The summed E-state index contributed by atoms with van der Waals surface area (Å²) in [5, 5.41) is 0. The van der Waals surface area contributed by atoms with Crippen LogP contribution in [0, 0.1) is 0 Å².